The second-order valence-corrected chi connectivity index (χ2v) is 6.46. The molecule has 0 aromatic carbocycles. The molecule has 0 aliphatic carbocycles. The van der Waals surface area contributed by atoms with Crippen molar-refractivity contribution in [2.75, 3.05) is 39.3 Å². The molecule has 2 fully saturated rings. The minimum Gasteiger partial charge on any atom is -0.342 e. The van der Waals surface area contributed by atoms with E-state index < -0.39 is 0 Å². The summed E-state index contributed by atoms with van der Waals surface area (Å²) in [5.74, 6) is 1.09. The van der Waals surface area contributed by atoms with Crippen molar-refractivity contribution in [2.45, 2.75) is 51.4 Å². The molecule has 2 saturated heterocycles. The number of rotatable bonds is 8. The summed E-state index contributed by atoms with van der Waals surface area (Å²) in [5, 5.41) is 0. The Labute approximate surface area is 148 Å². The first-order valence-electron chi connectivity index (χ1n) is 8.50. The molecule has 2 N–H and O–H groups in total. The van der Waals surface area contributed by atoms with E-state index in [0.717, 1.165) is 45.3 Å². The van der Waals surface area contributed by atoms with Crippen LogP contribution in [0.25, 0.3) is 0 Å². The molecule has 0 bridgehead atoms. The third-order valence-corrected chi connectivity index (χ3v) is 4.70. The van der Waals surface area contributed by atoms with Crippen molar-refractivity contribution in [3.05, 3.63) is 0 Å². The summed E-state index contributed by atoms with van der Waals surface area (Å²) in [7, 11) is 0. The zero-order chi connectivity index (χ0) is 14.2. The van der Waals surface area contributed by atoms with Crippen LogP contribution in [-0.2, 0) is 4.79 Å². The summed E-state index contributed by atoms with van der Waals surface area (Å²) in [6.45, 7) is 6.51. The number of hydrogen-bond donors (Lipinski definition) is 1. The Hall–Kier alpha value is -0.0300. The maximum absolute atomic E-state index is 12.1. The fourth-order valence-electron chi connectivity index (χ4n) is 3.47. The van der Waals surface area contributed by atoms with Crippen molar-refractivity contribution in [3.8, 4) is 0 Å². The maximum Gasteiger partial charge on any atom is 0.222 e. The molecule has 2 aliphatic heterocycles. The standard InChI is InChI=1S/C16H31N3O.2ClH/c17-9-4-2-1-3-7-16(20)19-12-8-15(14-19)13-18-10-5-6-11-18;;/h15H,1-14,17H2;2*1H. The zero-order valence-corrected chi connectivity index (χ0v) is 15.3. The molecule has 0 aromatic heterocycles. The predicted molar refractivity (Wildman–Crippen MR) is 97.0 cm³/mol. The Morgan fingerprint density at radius 1 is 1.00 bits per heavy atom. The number of hydrogen-bond acceptors (Lipinski definition) is 3. The highest BCUT2D eigenvalue weighted by Crippen LogP contribution is 2.21. The Balaban J connectivity index is 0.00000220. The Bertz CT molecular complexity index is 299. The minimum absolute atomic E-state index is 0. The van der Waals surface area contributed by atoms with Crippen LogP contribution in [0.4, 0.5) is 0 Å². The van der Waals surface area contributed by atoms with E-state index in [0.29, 0.717) is 11.8 Å². The lowest BCUT2D eigenvalue weighted by atomic mass is 10.1. The topological polar surface area (TPSA) is 49.6 Å². The summed E-state index contributed by atoms with van der Waals surface area (Å²) in [4.78, 5) is 16.8. The summed E-state index contributed by atoms with van der Waals surface area (Å²) in [6.07, 6.45) is 9.10. The van der Waals surface area contributed by atoms with Crippen LogP contribution in [0.2, 0.25) is 0 Å². The molecule has 6 heteroatoms. The van der Waals surface area contributed by atoms with E-state index >= 15 is 0 Å². The quantitative estimate of drug-likeness (QED) is 0.682. The van der Waals surface area contributed by atoms with Gasteiger partial charge in [0, 0.05) is 26.1 Å². The molecule has 1 unspecified atom stereocenters. The van der Waals surface area contributed by atoms with Gasteiger partial charge in [-0.3, -0.25) is 4.79 Å². The number of halogens is 2. The van der Waals surface area contributed by atoms with E-state index in [2.05, 4.69) is 9.80 Å². The average Bonchev–Trinajstić information content (AvgIpc) is 3.10. The van der Waals surface area contributed by atoms with E-state index in [1.807, 2.05) is 0 Å². The highest BCUT2D eigenvalue weighted by atomic mass is 35.5. The lowest BCUT2D eigenvalue weighted by molar-refractivity contribution is -0.130. The van der Waals surface area contributed by atoms with Gasteiger partial charge in [0.05, 0.1) is 0 Å². The Kier molecular flexibility index (Phi) is 12.4. The van der Waals surface area contributed by atoms with Crippen LogP contribution in [-0.4, -0.2) is 55.0 Å². The zero-order valence-electron chi connectivity index (χ0n) is 13.7. The smallest absolute Gasteiger partial charge is 0.222 e. The number of carbonyl (C=O) groups is 1. The molecule has 0 aromatic rings. The molecule has 22 heavy (non-hydrogen) atoms. The van der Waals surface area contributed by atoms with Crippen LogP contribution in [0.1, 0.15) is 51.4 Å². The number of carbonyl (C=O) groups excluding carboxylic acids is 1. The summed E-state index contributed by atoms with van der Waals surface area (Å²) < 4.78 is 0. The van der Waals surface area contributed by atoms with Gasteiger partial charge in [-0.25, -0.2) is 0 Å². The van der Waals surface area contributed by atoms with Gasteiger partial charge in [-0.2, -0.15) is 0 Å². The monoisotopic (exact) mass is 353 g/mol. The molecule has 132 valence electrons. The molecular weight excluding hydrogens is 321 g/mol. The molecule has 2 aliphatic rings. The van der Waals surface area contributed by atoms with Gasteiger partial charge in [0.25, 0.3) is 0 Å². The largest absolute Gasteiger partial charge is 0.342 e. The number of amides is 1. The Morgan fingerprint density at radius 3 is 2.36 bits per heavy atom. The van der Waals surface area contributed by atoms with Crippen molar-refractivity contribution < 1.29 is 4.79 Å². The fraction of sp³-hybridized carbons (Fsp3) is 0.938. The fourth-order valence-corrected chi connectivity index (χ4v) is 3.47. The van der Waals surface area contributed by atoms with Crippen molar-refractivity contribution >= 4 is 30.7 Å². The second-order valence-electron chi connectivity index (χ2n) is 6.46. The molecule has 4 nitrogen and oxygen atoms in total. The van der Waals surface area contributed by atoms with E-state index in [-0.39, 0.29) is 24.8 Å². The van der Waals surface area contributed by atoms with Gasteiger partial charge in [0.15, 0.2) is 0 Å². The van der Waals surface area contributed by atoms with Crippen LogP contribution < -0.4 is 5.73 Å². The van der Waals surface area contributed by atoms with Gasteiger partial charge >= 0.3 is 0 Å². The summed E-state index contributed by atoms with van der Waals surface area (Å²) in [5.41, 5.74) is 5.47. The van der Waals surface area contributed by atoms with E-state index in [9.17, 15) is 4.79 Å². The van der Waals surface area contributed by atoms with Crippen LogP contribution in [0.5, 0.6) is 0 Å². The maximum atomic E-state index is 12.1. The molecule has 2 rings (SSSR count). The van der Waals surface area contributed by atoms with Crippen LogP contribution >= 0.6 is 24.8 Å². The Morgan fingerprint density at radius 2 is 1.68 bits per heavy atom. The number of nitrogens with two attached hydrogens (primary N) is 1. The molecule has 1 amide bonds. The van der Waals surface area contributed by atoms with Gasteiger partial charge in [0.1, 0.15) is 0 Å². The van der Waals surface area contributed by atoms with E-state index in [4.69, 9.17) is 5.73 Å². The number of likely N-dealkylation sites (tertiary alicyclic amines) is 2. The van der Waals surface area contributed by atoms with Gasteiger partial charge in [-0.1, -0.05) is 12.8 Å². The van der Waals surface area contributed by atoms with E-state index in [1.165, 1.54) is 45.3 Å². The highest BCUT2D eigenvalue weighted by Gasteiger charge is 2.27. The van der Waals surface area contributed by atoms with Crippen molar-refractivity contribution in [1.82, 2.24) is 9.80 Å². The van der Waals surface area contributed by atoms with Crippen LogP contribution in [0.3, 0.4) is 0 Å². The van der Waals surface area contributed by atoms with Crippen LogP contribution in [0.15, 0.2) is 0 Å². The van der Waals surface area contributed by atoms with Crippen molar-refractivity contribution in [3.63, 3.8) is 0 Å². The summed E-state index contributed by atoms with van der Waals surface area (Å²) >= 11 is 0. The third-order valence-electron chi connectivity index (χ3n) is 4.70. The first kappa shape index (κ1) is 22.0. The number of unbranched alkanes of at least 4 members (excludes halogenated alkanes) is 3. The molecule has 0 spiro atoms. The van der Waals surface area contributed by atoms with Gasteiger partial charge < -0.3 is 15.5 Å². The second kappa shape index (κ2) is 12.4. The minimum atomic E-state index is 0. The lowest BCUT2D eigenvalue weighted by Gasteiger charge is -2.20. The first-order valence-corrected chi connectivity index (χ1v) is 8.50. The van der Waals surface area contributed by atoms with Gasteiger partial charge in [-0.05, 0) is 57.7 Å². The lowest BCUT2D eigenvalue weighted by Crippen LogP contribution is -2.31. The number of nitrogens with zero attached hydrogens (tertiary/aromatic N) is 2. The molecule has 0 radical (unpaired) electrons. The molecule has 1 atom stereocenters. The van der Waals surface area contributed by atoms with Crippen molar-refractivity contribution in [1.29, 1.82) is 0 Å². The first-order chi connectivity index (χ1) is 9.79. The SMILES string of the molecule is Cl.Cl.NCCCCCCC(=O)N1CCC(CN2CCCC2)C1. The molecule has 2 heterocycles. The molecule has 0 saturated carbocycles. The predicted octanol–water partition coefficient (Wildman–Crippen LogP) is 2.68. The van der Waals surface area contributed by atoms with Crippen LogP contribution in [0, 0.1) is 5.92 Å². The molecular formula is C16H33Cl2N3O. The average molecular weight is 354 g/mol. The normalized spacial score (nSPS) is 21.5. The highest BCUT2D eigenvalue weighted by molar-refractivity contribution is 5.85. The van der Waals surface area contributed by atoms with E-state index in [1.54, 1.807) is 0 Å². The van der Waals surface area contributed by atoms with Crippen molar-refractivity contribution in [2.24, 2.45) is 11.7 Å². The summed E-state index contributed by atoms with van der Waals surface area (Å²) in [6, 6.07) is 0. The van der Waals surface area contributed by atoms with Gasteiger partial charge in [-0.15, -0.1) is 24.8 Å². The third kappa shape index (κ3) is 7.49. The van der Waals surface area contributed by atoms with Gasteiger partial charge in [0.2, 0.25) is 5.91 Å².